The Labute approximate surface area is 296 Å². The van der Waals surface area contributed by atoms with E-state index in [9.17, 15) is 14.7 Å². The third kappa shape index (κ3) is 7.01. The smallest absolute Gasteiger partial charge is 0.301 e. The van der Waals surface area contributed by atoms with E-state index in [0.29, 0.717) is 62.4 Å². The first-order chi connectivity index (χ1) is 23.2. The minimum Gasteiger partial charge on any atom is -0.507 e. The zero-order valence-corrected chi connectivity index (χ0v) is 29.6. The van der Waals surface area contributed by atoms with Gasteiger partial charge < -0.3 is 19.3 Å². The Hall–Kier alpha value is -3.77. The summed E-state index contributed by atoms with van der Waals surface area (Å²) in [6, 6.07) is 14.8. The van der Waals surface area contributed by atoms with Crippen molar-refractivity contribution in [3.8, 4) is 17.2 Å². The summed E-state index contributed by atoms with van der Waals surface area (Å²) < 4.78 is 18.3. The minimum absolute atomic E-state index is 0.00166. The van der Waals surface area contributed by atoms with Gasteiger partial charge >= 0.3 is 5.91 Å². The van der Waals surface area contributed by atoms with Crippen molar-refractivity contribution in [2.24, 2.45) is 0 Å². The summed E-state index contributed by atoms with van der Waals surface area (Å²) in [6.07, 6.45) is 2.51. The number of carbonyl (C=O) groups excluding carboxylic acids is 2. The van der Waals surface area contributed by atoms with Crippen LogP contribution in [-0.2, 0) is 21.8 Å². The first-order valence-corrected chi connectivity index (χ1v) is 18.1. The standard InChI is InChI=1S/C35H33Cl2N3O6S2/c1-4-6-13-45-27-12-8-20(16-28(27)44-5-2)30-29(31(41)21-9-11-26-23(15-21)14-19(3)46-26)32(42)33(43)40(30)34-38-39-35(48-34)47-18-22-7-10-24(36)17-25(22)37/h7-12,15-17,19,30,41H,4-6,13-14,18H2,1-3H3/b31-29-. The number of hydrogen-bond acceptors (Lipinski definition) is 10. The average Bonchev–Trinajstić information content (AvgIpc) is 3.76. The lowest BCUT2D eigenvalue weighted by Gasteiger charge is -2.23. The van der Waals surface area contributed by atoms with Gasteiger partial charge in [-0.2, -0.15) is 0 Å². The van der Waals surface area contributed by atoms with E-state index >= 15 is 0 Å². The van der Waals surface area contributed by atoms with E-state index in [0.717, 1.165) is 29.7 Å². The summed E-state index contributed by atoms with van der Waals surface area (Å²) in [5.41, 5.74) is 2.66. The van der Waals surface area contributed by atoms with Crippen molar-refractivity contribution >= 4 is 68.9 Å². The molecule has 0 saturated carbocycles. The minimum atomic E-state index is -1.02. The number of hydrogen-bond donors (Lipinski definition) is 1. The average molecular weight is 727 g/mol. The number of ketones is 1. The molecular weight excluding hydrogens is 693 g/mol. The number of carbonyl (C=O) groups is 2. The van der Waals surface area contributed by atoms with Gasteiger partial charge in [0.15, 0.2) is 15.8 Å². The van der Waals surface area contributed by atoms with Crippen LogP contribution in [0.25, 0.3) is 5.76 Å². The molecule has 250 valence electrons. The Morgan fingerprint density at radius 1 is 1.06 bits per heavy atom. The molecule has 3 heterocycles. The molecule has 1 N–H and O–H groups in total. The van der Waals surface area contributed by atoms with Gasteiger partial charge in [-0.1, -0.05) is 71.8 Å². The number of Topliss-reactive ketones (excluding diaryl/α,β-unsaturated/α-hetero) is 1. The molecule has 9 nitrogen and oxygen atoms in total. The quantitative estimate of drug-likeness (QED) is 0.0383. The summed E-state index contributed by atoms with van der Waals surface area (Å²) in [6.45, 7) is 6.80. The fourth-order valence-electron chi connectivity index (χ4n) is 5.62. The summed E-state index contributed by atoms with van der Waals surface area (Å²) in [5, 5.41) is 21.7. The highest BCUT2D eigenvalue weighted by atomic mass is 35.5. The maximum Gasteiger partial charge on any atom is 0.301 e. The van der Waals surface area contributed by atoms with E-state index in [2.05, 4.69) is 17.1 Å². The summed E-state index contributed by atoms with van der Waals surface area (Å²) in [7, 11) is 0. The van der Waals surface area contributed by atoms with Gasteiger partial charge in [-0.3, -0.25) is 14.5 Å². The molecule has 3 aromatic carbocycles. The molecule has 0 spiro atoms. The summed E-state index contributed by atoms with van der Waals surface area (Å²) >= 11 is 15.0. The van der Waals surface area contributed by atoms with E-state index < -0.39 is 17.7 Å². The Morgan fingerprint density at radius 2 is 1.90 bits per heavy atom. The lowest BCUT2D eigenvalue weighted by molar-refractivity contribution is -0.132. The van der Waals surface area contributed by atoms with Gasteiger partial charge in [-0.15, -0.1) is 10.2 Å². The maximum atomic E-state index is 13.8. The maximum absolute atomic E-state index is 13.8. The van der Waals surface area contributed by atoms with Gasteiger partial charge in [0.05, 0.1) is 24.8 Å². The van der Waals surface area contributed by atoms with Crippen molar-refractivity contribution in [2.45, 2.75) is 62.3 Å². The Bertz CT molecular complexity index is 1900. The Morgan fingerprint density at radius 3 is 2.67 bits per heavy atom. The lowest BCUT2D eigenvalue weighted by atomic mass is 9.94. The molecule has 1 saturated heterocycles. The molecule has 0 aliphatic carbocycles. The molecule has 4 aromatic rings. The second kappa shape index (κ2) is 14.8. The van der Waals surface area contributed by atoms with Crippen LogP contribution < -0.4 is 19.1 Å². The third-order valence-corrected chi connectivity index (χ3v) is 10.6. The Balaban J connectivity index is 1.41. The molecule has 1 amide bonds. The largest absolute Gasteiger partial charge is 0.507 e. The van der Waals surface area contributed by atoms with Gasteiger partial charge in [0.2, 0.25) is 5.13 Å². The van der Waals surface area contributed by atoms with E-state index in [-0.39, 0.29) is 22.6 Å². The fourth-order valence-corrected chi connectivity index (χ4v) is 8.04. The Kier molecular flexibility index (Phi) is 10.5. The highest BCUT2D eigenvalue weighted by Gasteiger charge is 2.48. The van der Waals surface area contributed by atoms with Crippen LogP contribution in [0.1, 0.15) is 61.9 Å². The second-order valence-electron chi connectivity index (χ2n) is 11.3. The number of halogens is 2. The third-order valence-electron chi connectivity index (χ3n) is 7.92. The molecule has 48 heavy (non-hydrogen) atoms. The van der Waals surface area contributed by atoms with Crippen molar-refractivity contribution in [3.05, 3.63) is 92.5 Å². The molecule has 0 bridgehead atoms. The van der Waals surface area contributed by atoms with Crippen LogP contribution in [0.4, 0.5) is 5.13 Å². The van der Waals surface area contributed by atoms with Gasteiger partial charge in [-0.05, 0) is 79.4 Å². The summed E-state index contributed by atoms with van der Waals surface area (Å²) in [4.78, 5) is 29.0. The van der Waals surface area contributed by atoms with Crippen LogP contribution in [0.2, 0.25) is 10.0 Å². The molecule has 2 aliphatic rings. The van der Waals surface area contributed by atoms with Crippen LogP contribution in [0.3, 0.4) is 0 Å². The monoisotopic (exact) mass is 725 g/mol. The number of aliphatic hydroxyl groups is 1. The predicted molar refractivity (Wildman–Crippen MR) is 189 cm³/mol. The normalized spacial score (nSPS) is 18.2. The van der Waals surface area contributed by atoms with Gasteiger partial charge in [-0.25, -0.2) is 0 Å². The van der Waals surface area contributed by atoms with Crippen LogP contribution in [0, 0.1) is 0 Å². The van der Waals surface area contributed by atoms with Crippen molar-refractivity contribution in [3.63, 3.8) is 0 Å². The van der Waals surface area contributed by atoms with Crippen molar-refractivity contribution in [2.75, 3.05) is 18.1 Å². The van der Waals surface area contributed by atoms with Crippen LogP contribution in [-0.4, -0.2) is 46.3 Å². The zero-order chi connectivity index (χ0) is 33.9. The van der Waals surface area contributed by atoms with Crippen LogP contribution >= 0.6 is 46.3 Å². The number of fused-ring (bicyclic) bond motifs is 1. The SMILES string of the molecule is CCCCOc1ccc(C2/C(=C(/O)c3ccc4c(c3)CC(C)O4)C(=O)C(=O)N2c2nnc(SCc3ccc(Cl)cc3Cl)s2)cc1OCC. The van der Waals surface area contributed by atoms with Gasteiger partial charge in [0, 0.05) is 27.8 Å². The van der Waals surface area contributed by atoms with Gasteiger partial charge in [0.1, 0.15) is 17.6 Å². The topological polar surface area (TPSA) is 111 Å². The van der Waals surface area contributed by atoms with Crippen LogP contribution in [0.5, 0.6) is 17.2 Å². The number of nitrogens with zero attached hydrogens (tertiary/aromatic N) is 3. The lowest BCUT2D eigenvalue weighted by Crippen LogP contribution is -2.29. The number of ether oxygens (including phenoxy) is 3. The zero-order valence-electron chi connectivity index (χ0n) is 26.5. The van der Waals surface area contributed by atoms with E-state index in [1.165, 1.54) is 28.0 Å². The highest BCUT2D eigenvalue weighted by Crippen LogP contribution is 2.46. The number of unbranched alkanes of at least 4 members (excludes halogenated alkanes) is 1. The van der Waals surface area contributed by atoms with Gasteiger partial charge in [0.25, 0.3) is 5.78 Å². The molecular formula is C35H33Cl2N3O6S2. The van der Waals surface area contributed by atoms with E-state index in [1.54, 1.807) is 48.5 Å². The number of benzene rings is 3. The predicted octanol–water partition coefficient (Wildman–Crippen LogP) is 8.66. The number of aromatic nitrogens is 2. The molecule has 6 rings (SSSR count). The number of thioether (sulfide) groups is 1. The molecule has 1 fully saturated rings. The van der Waals surface area contributed by atoms with Crippen molar-refractivity contribution in [1.82, 2.24) is 10.2 Å². The van der Waals surface area contributed by atoms with E-state index in [4.69, 9.17) is 37.4 Å². The molecule has 1 aromatic heterocycles. The number of rotatable bonds is 12. The highest BCUT2D eigenvalue weighted by molar-refractivity contribution is 8.00. The first kappa shape index (κ1) is 34.1. The number of aliphatic hydroxyl groups excluding tert-OH is 1. The van der Waals surface area contributed by atoms with Crippen molar-refractivity contribution in [1.29, 1.82) is 0 Å². The number of anilines is 1. The van der Waals surface area contributed by atoms with Crippen LogP contribution in [0.15, 0.2) is 64.5 Å². The molecule has 0 radical (unpaired) electrons. The van der Waals surface area contributed by atoms with E-state index in [1.807, 2.05) is 19.9 Å². The fraction of sp³-hybridized carbons (Fsp3) is 0.314. The number of amides is 1. The summed E-state index contributed by atoms with van der Waals surface area (Å²) in [5.74, 6) is 0.291. The first-order valence-electron chi connectivity index (χ1n) is 15.6. The second-order valence-corrected chi connectivity index (χ2v) is 14.4. The molecule has 13 heteroatoms. The molecule has 2 unspecified atom stereocenters. The molecule has 2 aliphatic heterocycles. The van der Waals surface area contributed by atoms with Crippen molar-refractivity contribution < 1.29 is 28.9 Å². The molecule has 2 atom stereocenters.